The van der Waals surface area contributed by atoms with E-state index in [9.17, 15) is 4.79 Å². The first kappa shape index (κ1) is 12.3. The normalized spacial score (nSPS) is 17.9. The summed E-state index contributed by atoms with van der Waals surface area (Å²) in [6.07, 6.45) is 7.38. The summed E-state index contributed by atoms with van der Waals surface area (Å²) in [6.45, 7) is 3.97. The molecule has 1 heterocycles. The number of nitrogens with zero attached hydrogens (tertiary/aromatic N) is 3. The summed E-state index contributed by atoms with van der Waals surface area (Å²) in [5, 5.41) is 0. The van der Waals surface area contributed by atoms with Gasteiger partial charge in [0.2, 0.25) is 0 Å². The SMILES string of the molecule is CCn1ccnc1CN(C)C1CCC(=O)CC1. The Kier molecular flexibility index (Phi) is 3.94. The number of imidazole rings is 1. The van der Waals surface area contributed by atoms with Crippen LogP contribution < -0.4 is 0 Å². The highest BCUT2D eigenvalue weighted by atomic mass is 16.1. The summed E-state index contributed by atoms with van der Waals surface area (Å²) in [5.41, 5.74) is 0. The molecule has 1 saturated carbocycles. The standard InChI is InChI=1S/C13H21N3O/c1-3-16-9-8-14-13(16)10-15(2)11-4-6-12(17)7-5-11/h8-9,11H,3-7,10H2,1-2H3. The maximum Gasteiger partial charge on any atom is 0.133 e. The van der Waals surface area contributed by atoms with Crippen LogP contribution in [0.1, 0.15) is 38.4 Å². The monoisotopic (exact) mass is 235 g/mol. The molecule has 17 heavy (non-hydrogen) atoms. The van der Waals surface area contributed by atoms with Crippen molar-refractivity contribution in [3.05, 3.63) is 18.2 Å². The van der Waals surface area contributed by atoms with Crippen molar-refractivity contribution in [2.24, 2.45) is 0 Å². The average molecular weight is 235 g/mol. The lowest BCUT2D eigenvalue weighted by Crippen LogP contribution is -2.35. The second-order valence-electron chi connectivity index (χ2n) is 4.81. The zero-order chi connectivity index (χ0) is 12.3. The molecule has 1 aromatic heterocycles. The molecule has 1 aromatic rings. The van der Waals surface area contributed by atoms with Crippen molar-refractivity contribution in [3.8, 4) is 0 Å². The average Bonchev–Trinajstić information content (AvgIpc) is 2.77. The molecule has 1 fully saturated rings. The molecule has 2 rings (SSSR count). The molecule has 1 aliphatic rings. The summed E-state index contributed by atoms with van der Waals surface area (Å²) in [7, 11) is 2.13. The van der Waals surface area contributed by atoms with E-state index in [1.807, 2.05) is 12.4 Å². The molecule has 0 atom stereocenters. The second kappa shape index (κ2) is 5.45. The van der Waals surface area contributed by atoms with E-state index in [-0.39, 0.29) is 0 Å². The first-order valence-corrected chi connectivity index (χ1v) is 6.42. The summed E-state index contributed by atoms with van der Waals surface area (Å²) in [5.74, 6) is 1.54. The van der Waals surface area contributed by atoms with Crippen molar-refractivity contribution in [2.45, 2.75) is 51.7 Å². The highest BCUT2D eigenvalue weighted by molar-refractivity contribution is 5.79. The first-order chi connectivity index (χ1) is 8.20. The summed E-state index contributed by atoms with van der Waals surface area (Å²) in [4.78, 5) is 17.9. The summed E-state index contributed by atoms with van der Waals surface area (Å²) < 4.78 is 2.17. The van der Waals surface area contributed by atoms with Crippen molar-refractivity contribution in [3.63, 3.8) is 0 Å². The minimum Gasteiger partial charge on any atom is -0.334 e. The van der Waals surface area contributed by atoms with Gasteiger partial charge >= 0.3 is 0 Å². The Bertz CT molecular complexity index is 376. The highest BCUT2D eigenvalue weighted by Gasteiger charge is 2.22. The lowest BCUT2D eigenvalue weighted by Gasteiger charge is -2.30. The zero-order valence-corrected chi connectivity index (χ0v) is 10.7. The number of hydrogen-bond acceptors (Lipinski definition) is 3. The molecular formula is C13H21N3O. The molecule has 0 unspecified atom stereocenters. The van der Waals surface area contributed by atoms with Crippen molar-refractivity contribution in [1.29, 1.82) is 0 Å². The molecule has 0 amide bonds. The van der Waals surface area contributed by atoms with E-state index in [0.717, 1.165) is 44.6 Å². The maximum atomic E-state index is 11.2. The van der Waals surface area contributed by atoms with Gasteiger partial charge < -0.3 is 4.57 Å². The van der Waals surface area contributed by atoms with Gasteiger partial charge in [-0.3, -0.25) is 9.69 Å². The molecule has 0 saturated heterocycles. The predicted octanol–water partition coefficient (Wildman–Crippen LogP) is 1.85. The summed E-state index contributed by atoms with van der Waals surface area (Å²) >= 11 is 0. The van der Waals surface area contributed by atoms with Gasteiger partial charge in [0.05, 0.1) is 6.54 Å². The van der Waals surface area contributed by atoms with Crippen LogP contribution in [0.25, 0.3) is 0 Å². The maximum absolute atomic E-state index is 11.2. The highest BCUT2D eigenvalue weighted by Crippen LogP contribution is 2.20. The van der Waals surface area contributed by atoms with Crippen molar-refractivity contribution >= 4 is 5.78 Å². The predicted molar refractivity (Wildman–Crippen MR) is 66.6 cm³/mol. The summed E-state index contributed by atoms with van der Waals surface area (Å²) in [6, 6.07) is 0.537. The Morgan fingerprint density at radius 1 is 1.47 bits per heavy atom. The lowest BCUT2D eigenvalue weighted by atomic mass is 9.93. The quantitative estimate of drug-likeness (QED) is 0.799. The van der Waals surface area contributed by atoms with Gasteiger partial charge in [-0.05, 0) is 26.8 Å². The molecule has 0 aromatic carbocycles. The molecule has 0 N–H and O–H groups in total. The van der Waals surface area contributed by atoms with Crippen molar-refractivity contribution in [2.75, 3.05) is 7.05 Å². The fraction of sp³-hybridized carbons (Fsp3) is 0.692. The van der Waals surface area contributed by atoms with E-state index in [4.69, 9.17) is 0 Å². The van der Waals surface area contributed by atoms with E-state index >= 15 is 0 Å². The first-order valence-electron chi connectivity index (χ1n) is 6.42. The number of carbonyl (C=O) groups is 1. The Labute approximate surface area is 103 Å². The molecule has 4 heteroatoms. The van der Waals surface area contributed by atoms with E-state index in [1.54, 1.807) is 0 Å². The topological polar surface area (TPSA) is 38.1 Å². The largest absolute Gasteiger partial charge is 0.334 e. The zero-order valence-electron chi connectivity index (χ0n) is 10.7. The third-order valence-electron chi connectivity index (χ3n) is 3.67. The van der Waals surface area contributed by atoms with Crippen LogP contribution in [0.3, 0.4) is 0 Å². The number of ketones is 1. The number of aryl methyl sites for hydroxylation is 1. The van der Waals surface area contributed by atoms with Crippen LogP contribution in [0.15, 0.2) is 12.4 Å². The van der Waals surface area contributed by atoms with Crippen LogP contribution in [0.4, 0.5) is 0 Å². The van der Waals surface area contributed by atoms with E-state index in [2.05, 4.69) is 28.4 Å². The fourth-order valence-electron chi connectivity index (χ4n) is 2.50. The van der Waals surface area contributed by atoms with Crippen LogP contribution in [-0.4, -0.2) is 33.3 Å². The van der Waals surface area contributed by atoms with Gasteiger partial charge in [-0.1, -0.05) is 0 Å². The molecule has 94 valence electrons. The molecule has 4 nitrogen and oxygen atoms in total. The molecular weight excluding hydrogens is 214 g/mol. The van der Waals surface area contributed by atoms with Gasteiger partial charge in [-0.15, -0.1) is 0 Å². The molecule has 0 radical (unpaired) electrons. The van der Waals surface area contributed by atoms with Gasteiger partial charge in [0.25, 0.3) is 0 Å². The van der Waals surface area contributed by atoms with Crippen LogP contribution in [0.2, 0.25) is 0 Å². The molecule has 0 spiro atoms. The minimum absolute atomic E-state index is 0.421. The van der Waals surface area contributed by atoms with Crippen molar-refractivity contribution < 1.29 is 4.79 Å². The molecule has 0 bridgehead atoms. The smallest absolute Gasteiger partial charge is 0.133 e. The minimum atomic E-state index is 0.421. The number of hydrogen-bond donors (Lipinski definition) is 0. The Hall–Kier alpha value is -1.16. The van der Waals surface area contributed by atoms with Gasteiger partial charge in [-0.2, -0.15) is 0 Å². The molecule has 1 aliphatic carbocycles. The van der Waals surface area contributed by atoms with E-state index in [1.165, 1.54) is 0 Å². The third kappa shape index (κ3) is 2.94. The van der Waals surface area contributed by atoms with Gasteiger partial charge in [0, 0.05) is 37.8 Å². The van der Waals surface area contributed by atoms with Crippen LogP contribution in [0.5, 0.6) is 0 Å². The third-order valence-corrected chi connectivity index (χ3v) is 3.67. The Morgan fingerprint density at radius 2 is 2.18 bits per heavy atom. The van der Waals surface area contributed by atoms with Gasteiger partial charge in [0.1, 0.15) is 11.6 Å². The van der Waals surface area contributed by atoms with Crippen LogP contribution in [-0.2, 0) is 17.9 Å². The van der Waals surface area contributed by atoms with Crippen LogP contribution >= 0.6 is 0 Å². The number of aromatic nitrogens is 2. The van der Waals surface area contributed by atoms with E-state index in [0.29, 0.717) is 11.8 Å². The molecule has 0 aliphatic heterocycles. The Balaban J connectivity index is 1.92. The number of Topliss-reactive ketones (excluding diaryl/α,β-unsaturated/α-hetero) is 1. The number of carbonyl (C=O) groups excluding carboxylic acids is 1. The Morgan fingerprint density at radius 3 is 2.82 bits per heavy atom. The second-order valence-corrected chi connectivity index (χ2v) is 4.81. The fourth-order valence-corrected chi connectivity index (χ4v) is 2.50. The van der Waals surface area contributed by atoms with E-state index < -0.39 is 0 Å². The van der Waals surface area contributed by atoms with Crippen molar-refractivity contribution in [1.82, 2.24) is 14.5 Å². The van der Waals surface area contributed by atoms with Gasteiger partial charge in [-0.25, -0.2) is 4.98 Å². The van der Waals surface area contributed by atoms with Gasteiger partial charge in [0.15, 0.2) is 0 Å². The van der Waals surface area contributed by atoms with Crippen LogP contribution in [0, 0.1) is 0 Å². The lowest BCUT2D eigenvalue weighted by molar-refractivity contribution is -0.121. The number of rotatable bonds is 4.